The average molecular weight is 219 g/mol. The summed E-state index contributed by atoms with van der Waals surface area (Å²) in [5, 5.41) is 8.66. The van der Waals surface area contributed by atoms with Gasteiger partial charge in [-0.3, -0.25) is 4.79 Å². The molecule has 1 fully saturated rings. The van der Waals surface area contributed by atoms with Crippen molar-refractivity contribution in [3.63, 3.8) is 0 Å². The standard InChI is InChI=1S/C9H11ClO4/c1-2-14-7(11)6(10)5-9(3-4-9)8(12)13/h5H,2-4H2,1H3,(H,12,13)/b6-5-. The molecule has 0 aromatic heterocycles. The molecule has 78 valence electrons. The maximum atomic E-state index is 11.1. The van der Waals surface area contributed by atoms with E-state index >= 15 is 0 Å². The molecule has 1 N–H and O–H groups in total. The van der Waals surface area contributed by atoms with Crippen LogP contribution in [0.5, 0.6) is 0 Å². The third-order valence-corrected chi connectivity index (χ3v) is 2.35. The number of halogens is 1. The van der Waals surface area contributed by atoms with E-state index in [2.05, 4.69) is 4.74 Å². The summed E-state index contributed by atoms with van der Waals surface area (Å²) >= 11 is 5.60. The highest BCUT2D eigenvalue weighted by Crippen LogP contribution is 2.48. The predicted octanol–water partition coefficient (Wildman–Crippen LogP) is 1.54. The number of esters is 1. The number of carbonyl (C=O) groups excluding carboxylic acids is 1. The topological polar surface area (TPSA) is 63.6 Å². The Labute approximate surface area is 86.5 Å². The Morgan fingerprint density at radius 2 is 2.14 bits per heavy atom. The minimum Gasteiger partial charge on any atom is -0.481 e. The summed E-state index contributed by atoms with van der Waals surface area (Å²) in [5.41, 5.74) is -0.927. The Bertz CT molecular complexity index is 291. The zero-order chi connectivity index (χ0) is 10.8. The van der Waals surface area contributed by atoms with Gasteiger partial charge in [-0.1, -0.05) is 11.6 Å². The van der Waals surface area contributed by atoms with Crippen molar-refractivity contribution in [1.29, 1.82) is 0 Å². The third kappa shape index (κ3) is 2.26. The molecule has 0 aliphatic heterocycles. The molecule has 1 aliphatic rings. The van der Waals surface area contributed by atoms with E-state index in [4.69, 9.17) is 16.7 Å². The van der Waals surface area contributed by atoms with Crippen LogP contribution in [0, 0.1) is 5.41 Å². The quantitative estimate of drug-likeness (QED) is 0.574. The van der Waals surface area contributed by atoms with Crippen LogP contribution in [0.25, 0.3) is 0 Å². The number of carboxylic acid groups (broad SMARTS) is 1. The second-order valence-corrected chi connectivity index (χ2v) is 3.58. The number of hydrogen-bond donors (Lipinski definition) is 1. The summed E-state index contributed by atoms with van der Waals surface area (Å²) in [6.07, 6.45) is 2.32. The molecule has 0 aromatic rings. The summed E-state index contributed by atoms with van der Waals surface area (Å²) in [4.78, 5) is 21.8. The summed E-state index contributed by atoms with van der Waals surface area (Å²) in [6, 6.07) is 0. The first kappa shape index (κ1) is 11.0. The maximum Gasteiger partial charge on any atom is 0.349 e. The molecule has 4 nitrogen and oxygen atoms in total. The van der Waals surface area contributed by atoms with Gasteiger partial charge in [0, 0.05) is 0 Å². The Kier molecular flexibility index (Phi) is 3.16. The van der Waals surface area contributed by atoms with Crippen LogP contribution in [0.15, 0.2) is 11.1 Å². The average Bonchev–Trinajstić information content (AvgIpc) is 2.86. The molecule has 1 rings (SSSR count). The highest BCUT2D eigenvalue weighted by Gasteiger charge is 2.49. The van der Waals surface area contributed by atoms with Gasteiger partial charge in [0.25, 0.3) is 0 Å². The fourth-order valence-corrected chi connectivity index (χ4v) is 1.32. The van der Waals surface area contributed by atoms with Gasteiger partial charge in [0.05, 0.1) is 12.0 Å². The molecular weight excluding hydrogens is 208 g/mol. The smallest absolute Gasteiger partial charge is 0.349 e. The van der Waals surface area contributed by atoms with Gasteiger partial charge in [0.1, 0.15) is 5.03 Å². The normalized spacial score (nSPS) is 18.9. The lowest BCUT2D eigenvalue weighted by Crippen LogP contribution is -2.14. The van der Waals surface area contributed by atoms with Crippen molar-refractivity contribution in [2.24, 2.45) is 5.41 Å². The lowest BCUT2D eigenvalue weighted by Gasteiger charge is -2.04. The van der Waals surface area contributed by atoms with Crippen LogP contribution < -0.4 is 0 Å². The molecule has 0 amide bonds. The van der Waals surface area contributed by atoms with E-state index in [9.17, 15) is 9.59 Å². The van der Waals surface area contributed by atoms with Gasteiger partial charge in [0.2, 0.25) is 0 Å². The monoisotopic (exact) mass is 218 g/mol. The van der Waals surface area contributed by atoms with E-state index in [0.29, 0.717) is 12.8 Å². The van der Waals surface area contributed by atoms with Gasteiger partial charge in [-0.25, -0.2) is 4.79 Å². The molecule has 0 saturated heterocycles. The molecule has 0 radical (unpaired) electrons. The van der Waals surface area contributed by atoms with Crippen LogP contribution in [0.1, 0.15) is 19.8 Å². The Hall–Kier alpha value is -1.03. The summed E-state index contributed by atoms with van der Waals surface area (Å²) in [6.45, 7) is 1.88. The van der Waals surface area contributed by atoms with E-state index in [-0.39, 0.29) is 11.6 Å². The Morgan fingerprint density at radius 3 is 2.50 bits per heavy atom. The van der Waals surface area contributed by atoms with Crippen LogP contribution in [0.3, 0.4) is 0 Å². The van der Waals surface area contributed by atoms with Crippen molar-refractivity contribution in [3.05, 3.63) is 11.1 Å². The first-order valence-corrected chi connectivity index (χ1v) is 4.68. The van der Waals surface area contributed by atoms with Crippen LogP contribution >= 0.6 is 11.6 Å². The lowest BCUT2D eigenvalue weighted by atomic mass is 10.1. The zero-order valence-electron chi connectivity index (χ0n) is 7.75. The summed E-state index contributed by atoms with van der Waals surface area (Å²) < 4.78 is 4.62. The van der Waals surface area contributed by atoms with E-state index in [1.165, 1.54) is 6.08 Å². The Morgan fingerprint density at radius 1 is 1.57 bits per heavy atom. The van der Waals surface area contributed by atoms with Gasteiger partial charge >= 0.3 is 11.9 Å². The minimum absolute atomic E-state index is 0.147. The van der Waals surface area contributed by atoms with Crippen molar-refractivity contribution < 1.29 is 19.4 Å². The molecule has 0 spiro atoms. The van der Waals surface area contributed by atoms with E-state index in [0.717, 1.165) is 0 Å². The highest BCUT2D eigenvalue weighted by atomic mass is 35.5. The van der Waals surface area contributed by atoms with Gasteiger partial charge in [0.15, 0.2) is 0 Å². The van der Waals surface area contributed by atoms with Gasteiger partial charge in [-0.2, -0.15) is 0 Å². The number of carboxylic acids is 1. The molecule has 0 unspecified atom stereocenters. The van der Waals surface area contributed by atoms with Gasteiger partial charge in [-0.15, -0.1) is 0 Å². The molecule has 1 aliphatic carbocycles. The second-order valence-electron chi connectivity index (χ2n) is 3.17. The van der Waals surface area contributed by atoms with Crippen molar-refractivity contribution >= 4 is 23.5 Å². The largest absolute Gasteiger partial charge is 0.481 e. The SMILES string of the molecule is CCOC(=O)/C(Cl)=C/C1(C(=O)O)CC1. The third-order valence-electron chi connectivity index (χ3n) is 2.09. The minimum atomic E-state index is -0.944. The number of aliphatic carboxylic acids is 1. The molecule has 0 aromatic carbocycles. The predicted molar refractivity (Wildman–Crippen MR) is 49.9 cm³/mol. The molecular formula is C9H11ClO4. The number of carbonyl (C=O) groups is 2. The van der Waals surface area contributed by atoms with Crippen LogP contribution in [0.4, 0.5) is 0 Å². The first-order chi connectivity index (χ1) is 6.52. The number of ether oxygens (including phenoxy) is 1. The molecule has 0 atom stereocenters. The van der Waals surface area contributed by atoms with Gasteiger partial charge in [-0.05, 0) is 25.8 Å². The van der Waals surface area contributed by atoms with Crippen LogP contribution in [0.2, 0.25) is 0 Å². The Balaban J connectivity index is 2.68. The van der Waals surface area contributed by atoms with E-state index in [1.54, 1.807) is 6.92 Å². The molecule has 5 heteroatoms. The first-order valence-electron chi connectivity index (χ1n) is 4.31. The van der Waals surface area contributed by atoms with E-state index < -0.39 is 17.4 Å². The lowest BCUT2D eigenvalue weighted by molar-refractivity contribution is -0.141. The maximum absolute atomic E-state index is 11.1. The number of rotatable bonds is 4. The van der Waals surface area contributed by atoms with Crippen molar-refractivity contribution in [2.45, 2.75) is 19.8 Å². The fraction of sp³-hybridized carbons (Fsp3) is 0.556. The fourth-order valence-electron chi connectivity index (χ4n) is 1.06. The van der Waals surface area contributed by atoms with Crippen LogP contribution in [-0.4, -0.2) is 23.7 Å². The number of hydrogen-bond acceptors (Lipinski definition) is 3. The molecule has 0 heterocycles. The second kappa shape index (κ2) is 4.00. The van der Waals surface area contributed by atoms with E-state index in [1.807, 2.05) is 0 Å². The molecule has 14 heavy (non-hydrogen) atoms. The highest BCUT2D eigenvalue weighted by molar-refractivity contribution is 6.41. The zero-order valence-corrected chi connectivity index (χ0v) is 8.50. The van der Waals surface area contributed by atoms with Crippen molar-refractivity contribution in [1.82, 2.24) is 0 Å². The summed E-state index contributed by atoms with van der Waals surface area (Å²) in [5.74, 6) is -1.61. The summed E-state index contributed by atoms with van der Waals surface area (Å²) in [7, 11) is 0. The van der Waals surface area contributed by atoms with Gasteiger partial charge < -0.3 is 9.84 Å². The molecule has 0 bridgehead atoms. The van der Waals surface area contributed by atoms with Crippen molar-refractivity contribution in [2.75, 3.05) is 6.61 Å². The molecule has 1 saturated carbocycles. The van der Waals surface area contributed by atoms with Crippen molar-refractivity contribution in [3.8, 4) is 0 Å². The van der Waals surface area contributed by atoms with Crippen LogP contribution in [-0.2, 0) is 14.3 Å².